The summed E-state index contributed by atoms with van der Waals surface area (Å²) in [6.07, 6.45) is 2.88. The molecule has 80 valence electrons. The van der Waals surface area contributed by atoms with E-state index in [1.807, 2.05) is 11.8 Å². The van der Waals surface area contributed by atoms with Crippen LogP contribution in [0.4, 0.5) is 0 Å². The Bertz CT molecular complexity index is 235. The van der Waals surface area contributed by atoms with Crippen LogP contribution in [0.2, 0.25) is 0 Å². The summed E-state index contributed by atoms with van der Waals surface area (Å²) < 4.78 is 0. The van der Waals surface area contributed by atoms with Gasteiger partial charge in [-0.1, -0.05) is 13.8 Å². The second-order valence-corrected chi connectivity index (χ2v) is 5.01. The average Bonchev–Trinajstić information content (AvgIpc) is 2.87. The lowest BCUT2D eigenvalue weighted by molar-refractivity contribution is -0.130. The quantitative estimate of drug-likeness (QED) is 0.735. The van der Waals surface area contributed by atoms with Crippen molar-refractivity contribution < 1.29 is 4.79 Å². The zero-order chi connectivity index (χ0) is 10.3. The van der Waals surface area contributed by atoms with Gasteiger partial charge in [-0.3, -0.25) is 10.1 Å². The molecule has 0 aromatic heterocycles. The number of rotatable bonds is 3. The Balaban J connectivity index is 2.03. The Hall–Kier alpha value is -0.570. The third-order valence-electron chi connectivity index (χ3n) is 3.19. The lowest BCUT2D eigenvalue weighted by atomic mass is 10.1. The maximum absolute atomic E-state index is 11.8. The van der Waals surface area contributed by atoms with Crippen molar-refractivity contribution in [2.75, 3.05) is 6.54 Å². The second-order valence-electron chi connectivity index (χ2n) is 5.01. The highest BCUT2D eigenvalue weighted by atomic mass is 16.2. The monoisotopic (exact) mass is 196 g/mol. The summed E-state index contributed by atoms with van der Waals surface area (Å²) in [7, 11) is 0. The topological polar surface area (TPSA) is 32.3 Å². The first-order valence-electron chi connectivity index (χ1n) is 5.66. The standard InChI is InChI=1S/C11H20N2O/c1-7(2)10-12-8(3)11(14)13(10)6-9-4-5-9/h7-10,12H,4-6H2,1-3H3. The van der Waals surface area contributed by atoms with Gasteiger partial charge in [0.1, 0.15) is 0 Å². The van der Waals surface area contributed by atoms with Gasteiger partial charge in [-0.05, 0) is 31.6 Å². The lowest BCUT2D eigenvalue weighted by Gasteiger charge is -2.27. The molecule has 0 spiro atoms. The molecule has 2 rings (SSSR count). The fourth-order valence-corrected chi connectivity index (χ4v) is 2.14. The van der Waals surface area contributed by atoms with Crippen LogP contribution in [0.5, 0.6) is 0 Å². The van der Waals surface area contributed by atoms with Crippen LogP contribution in [0.3, 0.4) is 0 Å². The molecule has 2 atom stereocenters. The molecule has 1 saturated carbocycles. The third kappa shape index (κ3) is 1.78. The van der Waals surface area contributed by atoms with Gasteiger partial charge < -0.3 is 4.90 Å². The molecule has 2 aliphatic rings. The summed E-state index contributed by atoms with van der Waals surface area (Å²) >= 11 is 0. The van der Waals surface area contributed by atoms with Crippen molar-refractivity contribution in [3.63, 3.8) is 0 Å². The zero-order valence-electron chi connectivity index (χ0n) is 9.29. The molecule has 1 heterocycles. The van der Waals surface area contributed by atoms with Crippen molar-refractivity contribution in [2.24, 2.45) is 11.8 Å². The van der Waals surface area contributed by atoms with Crippen LogP contribution >= 0.6 is 0 Å². The van der Waals surface area contributed by atoms with Crippen molar-refractivity contribution in [2.45, 2.75) is 45.8 Å². The van der Waals surface area contributed by atoms with Crippen LogP contribution in [-0.4, -0.2) is 29.6 Å². The summed E-state index contributed by atoms with van der Waals surface area (Å²) in [6, 6.07) is 0.0150. The van der Waals surface area contributed by atoms with Crippen molar-refractivity contribution in [3.8, 4) is 0 Å². The predicted octanol–water partition coefficient (Wildman–Crippen LogP) is 1.20. The number of nitrogens with one attached hydrogen (secondary N) is 1. The van der Waals surface area contributed by atoms with E-state index in [0.717, 1.165) is 12.5 Å². The Labute approximate surface area is 85.8 Å². The lowest BCUT2D eigenvalue weighted by Crippen LogP contribution is -2.42. The largest absolute Gasteiger partial charge is 0.325 e. The van der Waals surface area contributed by atoms with E-state index in [1.54, 1.807) is 0 Å². The van der Waals surface area contributed by atoms with Crippen molar-refractivity contribution in [1.82, 2.24) is 10.2 Å². The van der Waals surface area contributed by atoms with E-state index in [1.165, 1.54) is 12.8 Å². The molecule has 2 unspecified atom stereocenters. The Morgan fingerprint density at radius 2 is 2.14 bits per heavy atom. The summed E-state index contributed by atoms with van der Waals surface area (Å²) in [5.41, 5.74) is 0. The second kappa shape index (κ2) is 3.54. The van der Waals surface area contributed by atoms with Crippen LogP contribution in [0.15, 0.2) is 0 Å². The number of hydrogen-bond donors (Lipinski definition) is 1. The molecule has 14 heavy (non-hydrogen) atoms. The summed E-state index contributed by atoms with van der Waals surface area (Å²) in [6.45, 7) is 7.27. The first-order valence-corrected chi connectivity index (χ1v) is 5.66. The molecular formula is C11H20N2O. The number of carbonyl (C=O) groups excluding carboxylic acids is 1. The van der Waals surface area contributed by atoms with Gasteiger partial charge in [-0.15, -0.1) is 0 Å². The highest BCUT2D eigenvalue weighted by Crippen LogP contribution is 2.32. The van der Waals surface area contributed by atoms with E-state index in [-0.39, 0.29) is 18.1 Å². The van der Waals surface area contributed by atoms with Crippen LogP contribution in [0.1, 0.15) is 33.6 Å². The molecule has 0 aromatic rings. The van der Waals surface area contributed by atoms with Gasteiger partial charge in [0, 0.05) is 6.54 Å². The zero-order valence-corrected chi connectivity index (χ0v) is 9.29. The van der Waals surface area contributed by atoms with Crippen LogP contribution in [0.25, 0.3) is 0 Å². The first kappa shape index (κ1) is 9.97. The molecule has 0 bridgehead atoms. The molecule has 3 heteroatoms. The van der Waals surface area contributed by atoms with Crippen molar-refractivity contribution in [1.29, 1.82) is 0 Å². The van der Waals surface area contributed by atoms with Crippen molar-refractivity contribution >= 4 is 5.91 Å². The van der Waals surface area contributed by atoms with Gasteiger partial charge in [0.2, 0.25) is 5.91 Å². The molecule has 3 nitrogen and oxygen atoms in total. The molecule has 0 radical (unpaired) electrons. The molecule has 1 N–H and O–H groups in total. The SMILES string of the molecule is CC1NC(C(C)C)N(CC2CC2)C1=O. The van der Waals surface area contributed by atoms with Crippen LogP contribution in [-0.2, 0) is 4.79 Å². The highest BCUT2D eigenvalue weighted by Gasteiger charge is 2.40. The first-order chi connectivity index (χ1) is 6.59. The number of amides is 1. The number of carbonyl (C=O) groups is 1. The van der Waals surface area contributed by atoms with Gasteiger partial charge in [-0.2, -0.15) is 0 Å². The molecular weight excluding hydrogens is 176 g/mol. The Morgan fingerprint density at radius 1 is 1.50 bits per heavy atom. The summed E-state index contributed by atoms with van der Waals surface area (Å²) in [5, 5.41) is 3.36. The third-order valence-corrected chi connectivity index (χ3v) is 3.19. The van der Waals surface area contributed by atoms with Gasteiger partial charge in [0.25, 0.3) is 0 Å². The van der Waals surface area contributed by atoms with E-state index in [9.17, 15) is 4.79 Å². The average molecular weight is 196 g/mol. The molecule has 1 aliphatic carbocycles. The van der Waals surface area contributed by atoms with E-state index >= 15 is 0 Å². The number of nitrogens with zero attached hydrogens (tertiary/aromatic N) is 1. The van der Waals surface area contributed by atoms with Gasteiger partial charge in [0.15, 0.2) is 0 Å². The summed E-state index contributed by atoms with van der Waals surface area (Å²) in [5.74, 6) is 1.57. The molecule has 1 amide bonds. The van der Waals surface area contributed by atoms with Gasteiger partial charge in [0.05, 0.1) is 12.2 Å². The maximum Gasteiger partial charge on any atom is 0.240 e. The normalized spacial score (nSPS) is 33.1. The van der Waals surface area contributed by atoms with E-state index < -0.39 is 0 Å². The van der Waals surface area contributed by atoms with Crippen molar-refractivity contribution in [3.05, 3.63) is 0 Å². The van der Waals surface area contributed by atoms with Crippen LogP contribution in [0, 0.1) is 11.8 Å². The fourth-order valence-electron chi connectivity index (χ4n) is 2.14. The molecule has 1 saturated heterocycles. The minimum Gasteiger partial charge on any atom is -0.325 e. The van der Waals surface area contributed by atoms with E-state index in [0.29, 0.717) is 5.92 Å². The Kier molecular flexibility index (Phi) is 2.52. The highest BCUT2D eigenvalue weighted by molar-refractivity contribution is 5.84. The van der Waals surface area contributed by atoms with E-state index in [2.05, 4.69) is 19.2 Å². The number of hydrogen-bond acceptors (Lipinski definition) is 2. The van der Waals surface area contributed by atoms with E-state index in [4.69, 9.17) is 0 Å². The van der Waals surface area contributed by atoms with Gasteiger partial charge in [-0.25, -0.2) is 0 Å². The Morgan fingerprint density at radius 3 is 2.64 bits per heavy atom. The molecule has 1 aliphatic heterocycles. The minimum absolute atomic E-state index is 0.0150. The van der Waals surface area contributed by atoms with Crippen LogP contribution < -0.4 is 5.32 Å². The maximum atomic E-state index is 11.8. The van der Waals surface area contributed by atoms with Gasteiger partial charge >= 0.3 is 0 Å². The predicted molar refractivity (Wildman–Crippen MR) is 55.7 cm³/mol. The molecule has 0 aromatic carbocycles. The fraction of sp³-hybridized carbons (Fsp3) is 0.909. The minimum atomic E-state index is 0.0150. The molecule has 2 fully saturated rings. The summed E-state index contributed by atoms with van der Waals surface area (Å²) in [4.78, 5) is 13.9. The smallest absolute Gasteiger partial charge is 0.240 e.